The number of anilines is 1. The number of thioether (sulfide) groups is 1. The van der Waals surface area contributed by atoms with Crippen molar-refractivity contribution in [1.29, 1.82) is 0 Å². The maximum atomic E-state index is 13.2. The van der Waals surface area contributed by atoms with E-state index in [0.29, 0.717) is 17.5 Å². The second-order valence-electron chi connectivity index (χ2n) is 8.68. The Morgan fingerprint density at radius 2 is 1.81 bits per heavy atom. The van der Waals surface area contributed by atoms with Gasteiger partial charge < -0.3 is 9.64 Å². The number of para-hydroxylation sites is 2. The van der Waals surface area contributed by atoms with E-state index >= 15 is 0 Å². The number of rotatable bonds is 9. The van der Waals surface area contributed by atoms with Crippen LogP contribution in [-0.4, -0.2) is 32.5 Å². The normalized spacial score (nSPS) is 14.5. The van der Waals surface area contributed by atoms with Crippen LogP contribution in [-0.2, 0) is 24.4 Å². The largest absolute Gasteiger partial charge is 0.485 e. The lowest BCUT2D eigenvalue weighted by molar-refractivity contribution is -0.116. The number of benzene rings is 3. The SMILES string of the molecule is C=CCn1c(COc2ccccc2-c2ccccc2)nnc1SCC(=O)N1c2ccccc2CC1C. The zero-order valence-electron chi connectivity index (χ0n) is 20.2. The highest BCUT2D eigenvalue weighted by Gasteiger charge is 2.30. The predicted molar refractivity (Wildman–Crippen MR) is 144 cm³/mol. The number of hydrogen-bond acceptors (Lipinski definition) is 5. The van der Waals surface area contributed by atoms with Gasteiger partial charge in [0.05, 0.1) is 5.75 Å². The van der Waals surface area contributed by atoms with Crippen LogP contribution in [0.25, 0.3) is 11.1 Å². The molecule has 1 aromatic heterocycles. The smallest absolute Gasteiger partial charge is 0.237 e. The summed E-state index contributed by atoms with van der Waals surface area (Å²) < 4.78 is 8.15. The molecule has 0 fully saturated rings. The quantitative estimate of drug-likeness (QED) is 0.217. The summed E-state index contributed by atoms with van der Waals surface area (Å²) in [4.78, 5) is 15.1. The van der Waals surface area contributed by atoms with Crippen molar-refractivity contribution in [1.82, 2.24) is 14.8 Å². The lowest BCUT2D eigenvalue weighted by atomic mass is 10.1. The van der Waals surface area contributed by atoms with E-state index in [4.69, 9.17) is 4.74 Å². The van der Waals surface area contributed by atoms with Gasteiger partial charge in [-0.15, -0.1) is 16.8 Å². The fourth-order valence-corrected chi connectivity index (χ4v) is 5.40. The maximum absolute atomic E-state index is 13.2. The molecule has 182 valence electrons. The molecule has 6 nitrogen and oxygen atoms in total. The van der Waals surface area contributed by atoms with Crippen LogP contribution in [0.5, 0.6) is 5.75 Å². The van der Waals surface area contributed by atoms with E-state index in [2.05, 4.69) is 41.9 Å². The molecule has 0 aliphatic carbocycles. The number of hydrogen-bond donors (Lipinski definition) is 0. The second-order valence-corrected chi connectivity index (χ2v) is 9.63. The van der Waals surface area contributed by atoms with Crippen molar-refractivity contribution < 1.29 is 9.53 Å². The molecule has 0 saturated heterocycles. The van der Waals surface area contributed by atoms with E-state index in [1.54, 1.807) is 6.08 Å². The minimum absolute atomic E-state index is 0.0696. The van der Waals surface area contributed by atoms with Crippen LogP contribution in [0.3, 0.4) is 0 Å². The average molecular weight is 497 g/mol. The van der Waals surface area contributed by atoms with Gasteiger partial charge in [-0.1, -0.05) is 84.6 Å². The van der Waals surface area contributed by atoms with Crippen LogP contribution in [0.15, 0.2) is 96.7 Å². The highest BCUT2D eigenvalue weighted by Crippen LogP contribution is 2.33. The second kappa shape index (κ2) is 10.8. The average Bonchev–Trinajstić information content (AvgIpc) is 3.46. The van der Waals surface area contributed by atoms with Crippen LogP contribution in [0, 0.1) is 0 Å². The molecule has 1 aliphatic rings. The minimum Gasteiger partial charge on any atom is -0.485 e. The monoisotopic (exact) mass is 496 g/mol. The molecule has 1 atom stereocenters. The van der Waals surface area contributed by atoms with Gasteiger partial charge in [0.1, 0.15) is 12.4 Å². The zero-order valence-corrected chi connectivity index (χ0v) is 21.0. The molecule has 0 spiro atoms. The molecule has 5 rings (SSSR count). The molecule has 1 amide bonds. The van der Waals surface area contributed by atoms with Gasteiger partial charge in [0.15, 0.2) is 11.0 Å². The van der Waals surface area contributed by atoms with Gasteiger partial charge >= 0.3 is 0 Å². The highest BCUT2D eigenvalue weighted by atomic mass is 32.2. The summed E-state index contributed by atoms with van der Waals surface area (Å²) in [5, 5.41) is 9.42. The first kappa shape index (κ1) is 23.9. The number of fused-ring (bicyclic) bond motifs is 1. The number of amides is 1. The zero-order chi connectivity index (χ0) is 24.9. The number of carbonyl (C=O) groups is 1. The van der Waals surface area contributed by atoms with Gasteiger partial charge in [0, 0.05) is 23.8 Å². The Balaban J connectivity index is 1.29. The summed E-state index contributed by atoms with van der Waals surface area (Å²) in [6.45, 7) is 6.76. The van der Waals surface area contributed by atoms with Crippen LogP contribution in [0.1, 0.15) is 18.3 Å². The first-order valence-electron chi connectivity index (χ1n) is 12.0. The third-order valence-electron chi connectivity index (χ3n) is 6.23. The number of aromatic nitrogens is 3. The van der Waals surface area contributed by atoms with E-state index < -0.39 is 0 Å². The van der Waals surface area contributed by atoms with Gasteiger partial charge in [-0.2, -0.15) is 0 Å². The molecule has 1 unspecified atom stereocenters. The molecule has 2 heterocycles. The molecule has 7 heteroatoms. The molecule has 0 N–H and O–H groups in total. The summed E-state index contributed by atoms with van der Waals surface area (Å²) in [7, 11) is 0. The molecule has 36 heavy (non-hydrogen) atoms. The number of nitrogens with zero attached hydrogens (tertiary/aromatic N) is 4. The molecule has 1 aliphatic heterocycles. The van der Waals surface area contributed by atoms with Gasteiger partial charge in [-0.25, -0.2) is 0 Å². The van der Waals surface area contributed by atoms with Crippen molar-refractivity contribution >= 4 is 23.4 Å². The van der Waals surface area contributed by atoms with E-state index in [1.807, 2.05) is 70.1 Å². The molecule has 0 radical (unpaired) electrons. The summed E-state index contributed by atoms with van der Waals surface area (Å²) >= 11 is 1.40. The van der Waals surface area contributed by atoms with Gasteiger partial charge in [-0.3, -0.25) is 9.36 Å². The van der Waals surface area contributed by atoms with Crippen LogP contribution in [0.4, 0.5) is 5.69 Å². The first-order chi connectivity index (χ1) is 17.7. The summed E-state index contributed by atoms with van der Waals surface area (Å²) in [6.07, 6.45) is 2.68. The minimum atomic E-state index is 0.0696. The Kier molecular flexibility index (Phi) is 7.18. The van der Waals surface area contributed by atoms with Crippen molar-refractivity contribution in [3.8, 4) is 16.9 Å². The van der Waals surface area contributed by atoms with Gasteiger partial charge in [0.2, 0.25) is 5.91 Å². The Morgan fingerprint density at radius 3 is 2.64 bits per heavy atom. The Hall–Kier alpha value is -3.84. The third kappa shape index (κ3) is 4.93. The summed E-state index contributed by atoms with van der Waals surface area (Å²) in [5.41, 5.74) is 4.34. The van der Waals surface area contributed by atoms with E-state index in [9.17, 15) is 4.79 Å². The van der Waals surface area contributed by atoms with E-state index in [-0.39, 0.29) is 24.3 Å². The van der Waals surface area contributed by atoms with Crippen molar-refractivity contribution in [3.05, 3.63) is 103 Å². The van der Waals surface area contributed by atoms with Crippen molar-refractivity contribution in [2.75, 3.05) is 10.7 Å². The maximum Gasteiger partial charge on any atom is 0.237 e. The molecule has 3 aromatic carbocycles. The van der Waals surface area contributed by atoms with Crippen molar-refractivity contribution in [2.45, 2.75) is 37.7 Å². The fourth-order valence-electron chi connectivity index (χ4n) is 4.58. The number of carbonyl (C=O) groups excluding carboxylic acids is 1. The number of allylic oxidation sites excluding steroid dienone is 1. The molecular weight excluding hydrogens is 468 g/mol. The van der Waals surface area contributed by atoms with Gasteiger partial charge in [-0.05, 0) is 36.6 Å². The van der Waals surface area contributed by atoms with Crippen molar-refractivity contribution in [2.24, 2.45) is 0 Å². The Labute approximate surface area is 215 Å². The lowest BCUT2D eigenvalue weighted by Crippen LogP contribution is -2.37. The van der Waals surface area contributed by atoms with E-state index in [0.717, 1.165) is 29.0 Å². The van der Waals surface area contributed by atoms with Crippen molar-refractivity contribution in [3.63, 3.8) is 0 Å². The summed E-state index contributed by atoms with van der Waals surface area (Å²) in [5.74, 6) is 1.82. The van der Waals surface area contributed by atoms with Crippen LogP contribution < -0.4 is 9.64 Å². The summed E-state index contributed by atoms with van der Waals surface area (Å²) in [6, 6.07) is 26.4. The third-order valence-corrected chi connectivity index (χ3v) is 7.19. The molecule has 0 saturated carbocycles. The Bertz CT molecular complexity index is 1370. The van der Waals surface area contributed by atoms with E-state index in [1.165, 1.54) is 17.3 Å². The lowest BCUT2D eigenvalue weighted by Gasteiger charge is -2.22. The predicted octanol–water partition coefficient (Wildman–Crippen LogP) is 5.78. The number of ether oxygens (including phenoxy) is 1. The Morgan fingerprint density at radius 1 is 1.06 bits per heavy atom. The molecule has 4 aromatic rings. The topological polar surface area (TPSA) is 60.2 Å². The van der Waals surface area contributed by atoms with Crippen LogP contribution in [0.2, 0.25) is 0 Å². The van der Waals surface area contributed by atoms with Gasteiger partial charge in [0.25, 0.3) is 0 Å². The van der Waals surface area contributed by atoms with Crippen LogP contribution >= 0.6 is 11.8 Å². The molecule has 0 bridgehead atoms. The standard InChI is InChI=1S/C29H28N4O2S/c1-3-17-32-27(19-35-26-16-10-8-14-24(26)22-11-5-4-6-12-22)30-31-29(32)36-20-28(34)33-21(2)18-23-13-7-9-15-25(23)33/h3-16,21H,1,17-20H2,2H3. The highest BCUT2D eigenvalue weighted by molar-refractivity contribution is 7.99. The first-order valence-corrected chi connectivity index (χ1v) is 13.0. The molecular formula is C29H28N4O2S. The fraction of sp³-hybridized carbons (Fsp3) is 0.207.